The number of nitrogens with zero attached hydrogens (tertiary/aromatic N) is 2. The molecule has 0 aliphatic carbocycles. The fraction of sp³-hybridized carbons (Fsp3) is 0.320. The van der Waals surface area contributed by atoms with E-state index in [9.17, 15) is 18.4 Å². The van der Waals surface area contributed by atoms with Gasteiger partial charge < -0.3 is 9.22 Å². The van der Waals surface area contributed by atoms with Gasteiger partial charge in [0, 0.05) is 24.4 Å². The van der Waals surface area contributed by atoms with Crippen LogP contribution in [0.25, 0.3) is 0 Å². The first-order valence-corrected chi connectivity index (χ1v) is 11.7. The summed E-state index contributed by atoms with van der Waals surface area (Å²) in [7, 11) is 2.01. The molecule has 8 heteroatoms. The van der Waals surface area contributed by atoms with Crippen LogP contribution in [0.2, 0.25) is 0 Å². The van der Waals surface area contributed by atoms with Crippen LogP contribution < -0.4 is 0 Å². The van der Waals surface area contributed by atoms with Crippen molar-refractivity contribution in [3.8, 4) is 0 Å². The standard InChI is InChI=1S/C25H25F2N2O3S/c1-29(16-22(30)24-28-10-13-33-24)11-8-17(9-12-29)25(31)32-23(18-4-2-6-20(26)14-18)19-5-3-7-21(27)15-19/h2-7,10,13-15,17,23H,8-9,11-12,16H2,1H3/q+1. The minimum Gasteiger partial charge on any atom is -0.452 e. The Morgan fingerprint density at radius 3 is 2.21 bits per heavy atom. The molecular weight excluding hydrogens is 446 g/mol. The van der Waals surface area contributed by atoms with Crippen LogP contribution in [0.1, 0.15) is 39.9 Å². The van der Waals surface area contributed by atoms with Crippen LogP contribution in [0.3, 0.4) is 0 Å². The maximum atomic E-state index is 13.9. The second kappa shape index (κ2) is 9.89. The van der Waals surface area contributed by atoms with E-state index >= 15 is 0 Å². The molecule has 1 aliphatic heterocycles. The molecule has 1 fully saturated rings. The number of carbonyl (C=O) groups is 2. The monoisotopic (exact) mass is 471 g/mol. The van der Waals surface area contributed by atoms with Crippen molar-refractivity contribution in [3.05, 3.63) is 87.9 Å². The van der Waals surface area contributed by atoms with E-state index in [0.29, 0.717) is 53.1 Å². The summed E-state index contributed by atoms with van der Waals surface area (Å²) in [5.41, 5.74) is 0.888. The number of carbonyl (C=O) groups excluding carboxylic acids is 2. The zero-order valence-electron chi connectivity index (χ0n) is 18.2. The SMILES string of the molecule is C[N+]1(CC(=O)c2nccs2)CCC(C(=O)OC(c2cccc(F)c2)c2cccc(F)c2)CC1. The van der Waals surface area contributed by atoms with Gasteiger partial charge in [0.25, 0.3) is 0 Å². The lowest BCUT2D eigenvalue weighted by Gasteiger charge is -2.39. The molecule has 1 saturated heterocycles. The maximum absolute atomic E-state index is 13.9. The number of esters is 1. The topological polar surface area (TPSA) is 56.3 Å². The third-order valence-electron chi connectivity index (χ3n) is 6.10. The highest BCUT2D eigenvalue weighted by Crippen LogP contribution is 2.31. The highest BCUT2D eigenvalue weighted by molar-refractivity contribution is 7.11. The molecule has 0 saturated carbocycles. The number of likely N-dealkylation sites (N-methyl/N-ethyl adjacent to an activating group) is 1. The highest BCUT2D eigenvalue weighted by atomic mass is 32.1. The second-order valence-electron chi connectivity index (χ2n) is 8.69. The van der Waals surface area contributed by atoms with Gasteiger partial charge in [0.15, 0.2) is 11.1 Å². The van der Waals surface area contributed by atoms with Gasteiger partial charge in [-0.05, 0) is 35.4 Å². The first kappa shape index (κ1) is 23.2. The van der Waals surface area contributed by atoms with E-state index < -0.39 is 23.7 Å². The van der Waals surface area contributed by atoms with Crippen molar-refractivity contribution < 1.29 is 27.6 Å². The Morgan fingerprint density at radius 2 is 1.70 bits per heavy atom. The fourth-order valence-corrected chi connectivity index (χ4v) is 4.81. The molecule has 3 aromatic rings. The maximum Gasteiger partial charge on any atom is 0.310 e. The van der Waals surface area contributed by atoms with Gasteiger partial charge in [-0.15, -0.1) is 11.3 Å². The number of likely N-dealkylation sites (tertiary alicyclic amines) is 1. The molecular formula is C25H25F2N2O3S+. The molecule has 2 aromatic carbocycles. The zero-order chi connectivity index (χ0) is 23.4. The first-order valence-electron chi connectivity index (χ1n) is 10.8. The van der Waals surface area contributed by atoms with Crippen molar-refractivity contribution in [2.75, 3.05) is 26.7 Å². The molecule has 0 N–H and O–H groups in total. The van der Waals surface area contributed by atoms with E-state index in [0.717, 1.165) is 0 Å². The summed E-state index contributed by atoms with van der Waals surface area (Å²) < 4.78 is 34.1. The number of halogens is 2. The number of piperidine rings is 1. The molecule has 0 bridgehead atoms. The molecule has 1 aliphatic rings. The van der Waals surface area contributed by atoms with E-state index in [1.165, 1.54) is 47.7 Å². The summed E-state index contributed by atoms with van der Waals surface area (Å²) in [4.78, 5) is 29.6. The summed E-state index contributed by atoms with van der Waals surface area (Å²) in [6.07, 6.45) is 1.85. The highest BCUT2D eigenvalue weighted by Gasteiger charge is 2.37. The number of thiazole rings is 1. The molecule has 0 spiro atoms. The van der Waals surface area contributed by atoms with Gasteiger partial charge in [0.05, 0.1) is 26.1 Å². The van der Waals surface area contributed by atoms with Crippen LogP contribution in [0, 0.1) is 17.6 Å². The van der Waals surface area contributed by atoms with E-state index in [2.05, 4.69) is 4.98 Å². The molecule has 1 aromatic heterocycles. The van der Waals surface area contributed by atoms with E-state index in [1.54, 1.807) is 23.7 Å². The third-order valence-corrected chi connectivity index (χ3v) is 6.92. The molecule has 5 nitrogen and oxygen atoms in total. The van der Waals surface area contributed by atoms with Crippen molar-refractivity contribution in [1.29, 1.82) is 0 Å². The zero-order valence-corrected chi connectivity index (χ0v) is 19.1. The number of aromatic nitrogens is 1. The van der Waals surface area contributed by atoms with Crippen LogP contribution in [0.15, 0.2) is 60.1 Å². The average Bonchev–Trinajstić information content (AvgIpc) is 3.33. The lowest BCUT2D eigenvalue weighted by atomic mass is 9.94. The molecule has 172 valence electrons. The van der Waals surface area contributed by atoms with Crippen LogP contribution in [-0.4, -0.2) is 47.9 Å². The summed E-state index contributed by atoms with van der Waals surface area (Å²) in [5, 5.41) is 2.28. The summed E-state index contributed by atoms with van der Waals surface area (Å²) in [6.45, 7) is 1.65. The van der Waals surface area contributed by atoms with Crippen LogP contribution in [-0.2, 0) is 9.53 Å². The van der Waals surface area contributed by atoms with Gasteiger partial charge in [0.2, 0.25) is 5.78 Å². The summed E-state index contributed by atoms with van der Waals surface area (Å²) >= 11 is 1.33. The van der Waals surface area contributed by atoms with Gasteiger partial charge in [0.1, 0.15) is 18.2 Å². The van der Waals surface area contributed by atoms with Crippen molar-refractivity contribution in [3.63, 3.8) is 0 Å². The van der Waals surface area contributed by atoms with Crippen LogP contribution in [0.5, 0.6) is 0 Å². The van der Waals surface area contributed by atoms with Gasteiger partial charge in [-0.3, -0.25) is 9.59 Å². The number of ether oxygens (including phenoxy) is 1. The normalized spacial score (nSPS) is 20.5. The lowest BCUT2D eigenvalue weighted by Crippen LogP contribution is -2.53. The predicted octanol–water partition coefficient (Wildman–Crippen LogP) is 4.79. The van der Waals surface area contributed by atoms with Crippen molar-refractivity contribution in [2.24, 2.45) is 5.92 Å². The van der Waals surface area contributed by atoms with Gasteiger partial charge in [-0.1, -0.05) is 24.3 Å². The van der Waals surface area contributed by atoms with Gasteiger partial charge in [-0.25, -0.2) is 13.8 Å². The van der Waals surface area contributed by atoms with Gasteiger partial charge in [-0.2, -0.15) is 0 Å². The number of Topliss-reactive ketones (excluding diaryl/α,β-unsaturated/α-hetero) is 1. The molecule has 33 heavy (non-hydrogen) atoms. The number of quaternary nitrogens is 1. The van der Waals surface area contributed by atoms with Crippen LogP contribution in [0.4, 0.5) is 8.78 Å². The Hall–Kier alpha value is -2.97. The summed E-state index contributed by atoms with van der Waals surface area (Å²) in [5.74, 6) is -1.64. The Morgan fingerprint density at radius 1 is 1.09 bits per heavy atom. The number of ketones is 1. The number of hydrogen-bond donors (Lipinski definition) is 0. The number of hydrogen-bond acceptors (Lipinski definition) is 5. The smallest absolute Gasteiger partial charge is 0.310 e. The molecule has 0 radical (unpaired) electrons. The molecule has 4 rings (SSSR count). The number of rotatable bonds is 7. The van der Waals surface area contributed by atoms with Crippen LogP contribution >= 0.6 is 11.3 Å². The third kappa shape index (κ3) is 5.69. The molecule has 2 heterocycles. The van der Waals surface area contributed by atoms with E-state index in [1.807, 2.05) is 7.05 Å². The predicted molar refractivity (Wildman–Crippen MR) is 121 cm³/mol. The fourth-order valence-electron chi connectivity index (χ4n) is 4.24. The molecule has 0 unspecified atom stereocenters. The Kier molecular flexibility index (Phi) is 6.95. The minimum absolute atomic E-state index is 0.00537. The summed E-state index contributed by atoms with van der Waals surface area (Å²) in [6, 6.07) is 11.6. The quantitative estimate of drug-likeness (QED) is 0.282. The lowest BCUT2D eigenvalue weighted by molar-refractivity contribution is -0.906. The number of benzene rings is 2. The Labute approximate surface area is 195 Å². The van der Waals surface area contributed by atoms with Crippen molar-refractivity contribution >= 4 is 23.1 Å². The first-order chi connectivity index (χ1) is 15.8. The second-order valence-corrected chi connectivity index (χ2v) is 9.58. The average molecular weight is 472 g/mol. The Bertz CT molecular complexity index is 1080. The van der Waals surface area contributed by atoms with Crippen molar-refractivity contribution in [1.82, 2.24) is 4.98 Å². The molecule has 0 atom stereocenters. The molecule has 0 amide bonds. The minimum atomic E-state index is -0.904. The van der Waals surface area contributed by atoms with Gasteiger partial charge >= 0.3 is 5.97 Å². The van der Waals surface area contributed by atoms with E-state index in [4.69, 9.17) is 4.74 Å². The largest absolute Gasteiger partial charge is 0.452 e. The Balaban J connectivity index is 1.44. The van der Waals surface area contributed by atoms with E-state index in [-0.39, 0.29) is 11.7 Å². The van der Waals surface area contributed by atoms with Crippen molar-refractivity contribution in [2.45, 2.75) is 18.9 Å².